The summed E-state index contributed by atoms with van der Waals surface area (Å²) in [6, 6.07) is 0. The minimum absolute atomic E-state index is 0.0920. The van der Waals surface area contributed by atoms with E-state index >= 15 is 0 Å². The SMILES string of the molecule is CN(C)C(N)=NCCC(O)(c1nccn1C)C(F)(F)F. The van der Waals surface area contributed by atoms with Crippen molar-refractivity contribution in [2.75, 3.05) is 20.6 Å². The maximum atomic E-state index is 13.1. The summed E-state index contributed by atoms with van der Waals surface area (Å²) in [5, 5.41) is 10.0. The Labute approximate surface area is 114 Å². The Hall–Kier alpha value is -1.77. The average molecular weight is 293 g/mol. The fourth-order valence-electron chi connectivity index (χ4n) is 1.62. The molecular weight excluding hydrogens is 275 g/mol. The zero-order valence-corrected chi connectivity index (χ0v) is 11.5. The molecule has 0 bridgehead atoms. The van der Waals surface area contributed by atoms with E-state index in [4.69, 9.17) is 5.73 Å². The lowest BCUT2D eigenvalue weighted by atomic mass is 9.98. The van der Waals surface area contributed by atoms with E-state index < -0.39 is 24.0 Å². The number of aliphatic hydroxyl groups is 1. The summed E-state index contributed by atoms with van der Waals surface area (Å²) < 4.78 is 40.5. The molecule has 0 saturated heterocycles. The molecule has 0 radical (unpaired) electrons. The Balaban J connectivity index is 2.99. The summed E-state index contributed by atoms with van der Waals surface area (Å²) in [6.07, 6.45) is -2.97. The molecule has 6 nitrogen and oxygen atoms in total. The Morgan fingerprint density at radius 3 is 2.50 bits per heavy atom. The summed E-state index contributed by atoms with van der Waals surface area (Å²) in [7, 11) is 4.62. The number of nitrogens with zero attached hydrogens (tertiary/aromatic N) is 4. The van der Waals surface area contributed by atoms with Gasteiger partial charge in [0, 0.05) is 46.5 Å². The molecule has 0 aliphatic heterocycles. The van der Waals surface area contributed by atoms with E-state index in [1.165, 1.54) is 24.3 Å². The van der Waals surface area contributed by atoms with Gasteiger partial charge in [0.15, 0.2) is 5.96 Å². The van der Waals surface area contributed by atoms with Crippen LogP contribution in [0.2, 0.25) is 0 Å². The molecule has 1 atom stereocenters. The van der Waals surface area contributed by atoms with Gasteiger partial charge in [0.05, 0.1) is 0 Å². The largest absolute Gasteiger partial charge is 0.424 e. The van der Waals surface area contributed by atoms with Gasteiger partial charge in [0.1, 0.15) is 5.82 Å². The molecule has 1 unspecified atom stereocenters. The van der Waals surface area contributed by atoms with Crippen LogP contribution in [-0.2, 0) is 12.6 Å². The highest BCUT2D eigenvalue weighted by atomic mass is 19.4. The van der Waals surface area contributed by atoms with E-state index in [1.807, 2.05) is 0 Å². The lowest BCUT2D eigenvalue weighted by Gasteiger charge is -2.29. The first-order valence-corrected chi connectivity index (χ1v) is 5.83. The van der Waals surface area contributed by atoms with Crippen LogP contribution in [0.3, 0.4) is 0 Å². The lowest BCUT2D eigenvalue weighted by Crippen LogP contribution is -2.45. The topological polar surface area (TPSA) is 79.7 Å². The molecule has 0 aliphatic carbocycles. The van der Waals surface area contributed by atoms with Crippen LogP contribution < -0.4 is 5.73 Å². The first-order chi connectivity index (χ1) is 9.09. The van der Waals surface area contributed by atoms with E-state index in [1.54, 1.807) is 14.1 Å². The van der Waals surface area contributed by atoms with Crippen molar-refractivity contribution in [2.24, 2.45) is 17.8 Å². The highest BCUT2D eigenvalue weighted by Crippen LogP contribution is 2.40. The van der Waals surface area contributed by atoms with Crippen molar-refractivity contribution in [2.45, 2.75) is 18.2 Å². The standard InChI is InChI=1S/C11H18F3N5O/c1-18(2)9(15)17-5-4-10(20,11(12,13)14)8-16-6-7-19(8)3/h6-7,20H,4-5H2,1-3H3,(H2,15,17). The van der Waals surface area contributed by atoms with Crippen LogP contribution in [0.15, 0.2) is 17.4 Å². The highest BCUT2D eigenvalue weighted by Gasteiger charge is 2.57. The number of rotatable bonds is 4. The third-order valence-corrected chi connectivity index (χ3v) is 2.87. The normalized spacial score (nSPS) is 16.1. The van der Waals surface area contributed by atoms with Gasteiger partial charge < -0.3 is 20.3 Å². The van der Waals surface area contributed by atoms with Gasteiger partial charge in [-0.05, 0) is 0 Å². The molecule has 9 heteroatoms. The first kappa shape index (κ1) is 16.3. The lowest BCUT2D eigenvalue weighted by molar-refractivity contribution is -0.272. The fraction of sp³-hybridized carbons (Fsp3) is 0.636. The molecular formula is C11H18F3N5O. The van der Waals surface area contributed by atoms with Crippen molar-refractivity contribution in [3.05, 3.63) is 18.2 Å². The molecule has 1 aromatic rings. The maximum Gasteiger partial charge on any atom is 0.424 e. The van der Waals surface area contributed by atoms with Crippen molar-refractivity contribution in [1.29, 1.82) is 0 Å². The molecule has 0 spiro atoms. The van der Waals surface area contributed by atoms with Crippen LogP contribution in [0.4, 0.5) is 13.2 Å². The molecule has 0 fully saturated rings. The number of nitrogens with two attached hydrogens (primary N) is 1. The predicted molar refractivity (Wildman–Crippen MR) is 68.0 cm³/mol. The Bertz CT molecular complexity index is 483. The number of imidazole rings is 1. The third-order valence-electron chi connectivity index (χ3n) is 2.87. The molecule has 20 heavy (non-hydrogen) atoms. The Morgan fingerprint density at radius 2 is 2.10 bits per heavy atom. The molecule has 1 heterocycles. The molecule has 1 rings (SSSR count). The van der Waals surface area contributed by atoms with E-state index in [9.17, 15) is 18.3 Å². The highest BCUT2D eigenvalue weighted by molar-refractivity contribution is 5.77. The minimum Gasteiger partial charge on any atom is -0.374 e. The molecule has 1 aromatic heterocycles. The second kappa shape index (κ2) is 5.70. The number of aryl methyl sites for hydroxylation is 1. The quantitative estimate of drug-likeness (QED) is 0.623. The van der Waals surface area contributed by atoms with Crippen molar-refractivity contribution < 1.29 is 18.3 Å². The number of halogens is 3. The maximum absolute atomic E-state index is 13.1. The van der Waals surface area contributed by atoms with E-state index in [2.05, 4.69) is 9.98 Å². The van der Waals surface area contributed by atoms with Crippen molar-refractivity contribution in [3.63, 3.8) is 0 Å². The molecule has 114 valence electrons. The van der Waals surface area contributed by atoms with Gasteiger partial charge in [-0.3, -0.25) is 4.99 Å². The molecule has 3 N–H and O–H groups in total. The number of hydrogen-bond acceptors (Lipinski definition) is 3. The second-order valence-corrected chi connectivity index (χ2v) is 4.60. The summed E-state index contributed by atoms with van der Waals surface area (Å²) in [6.45, 7) is -0.271. The number of alkyl halides is 3. The van der Waals surface area contributed by atoms with Crippen LogP contribution in [-0.4, -0.2) is 52.3 Å². The summed E-state index contributed by atoms with van der Waals surface area (Å²) >= 11 is 0. The monoisotopic (exact) mass is 293 g/mol. The molecule has 0 amide bonds. The smallest absolute Gasteiger partial charge is 0.374 e. The molecule has 0 saturated carbocycles. The number of aliphatic imine (C=N–C) groups is 1. The third kappa shape index (κ3) is 3.21. The number of hydrogen-bond donors (Lipinski definition) is 2. The van der Waals surface area contributed by atoms with E-state index in [0.717, 1.165) is 4.57 Å². The van der Waals surface area contributed by atoms with Gasteiger partial charge in [-0.1, -0.05) is 0 Å². The van der Waals surface area contributed by atoms with Crippen LogP contribution in [0, 0.1) is 0 Å². The first-order valence-electron chi connectivity index (χ1n) is 5.83. The second-order valence-electron chi connectivity index (χ2n) is 4.60. The van der Waals surface area contributed by atoms with Gasteiger partial charge in [-0.2, -0.15) is 13.2 Å². The predicted octanol–water partition coefficient (Wildman–Crippen LogP) is 0.436. The Morgan fingerprint density at radius 1 is 1.50 bits per heavy atom. The Kier molecular flexibility index (Phi) is 4.64. The molecule has 0 aliphatic rings. The number of guanidine groups is 1. The fourth-order valence-corrected chi connectivity index (χ4v) is 1.62. The van der Waals surface area contributed by atoms with Gasteiger partial charge in [0.2, 0.25) is 5.60 Å². The van der Waals surface area contributed by atoms with Gasteiger partial charge in [-0.25, -0.2) is 4.98 Å². The van der Waals surface area contributed by atoms with Crippen LogP contribution >= 0.6 is 0 Å². The van der Waals surface area contributed by atoms with E-state index in [-0.39, 0.29) is 12.5 Å². The van der Waals surface area contributed by atoms with Crippen molar-refractivity contribution >= 4 is 5.96 Å². The zero-order valence-electron chi connectivity index (χ0n) is 11.5. The zero-order chi connectivity index (χ0) is 15.6. The summed E-state index contributed by atoms with van der Waals surface area (Å²) in [4.78, 5) is 8.84. The van der Waals surface area contributed by atoms with Crippen LogP contribution in [0.1, 0.15) is 12.2 Å². The van der Waals surface area contributed by atoms with Crippen molar-refractivity contribution in [3.8, 4) is 0 Å². The average Bonchev–Trinajstić information content (AvgIpc) is 2.73. The van der Waals surface area contributed by atoms with Gasteiger partial charge in [-0.15, -0.1) is 0 Å². The van der Waals surface area contributed by atoms with Crippen molar-refractivity contribution in [1.82, 2.24) is 14.5 Å². The summed E-state index contributed by atoms with van der Waals surface area (Å²) in [5.41, 5.74) is 2.44. The van der Waals surface area contributed by atoms with Crippen LogP contribution in [0.25, 0.3) is 0 Å². The summed E-state index contributed by atoms with van der Waals surface area (Å²) in [5.74, 6) is -0.377. The minimum atomic E-state index is -4.85. The number of aromatic nitrogens is 2. The molecule has 0 aromatic carbocycles. The van der Waals surface area contributed by atoms with E-state index in [0.29, 0.717) is 0 Å². The van der Waals surface area contributed by atoms with Gasteiger partial charge in [0.25, 0.3) is 0 Å². The van der Waals surface area contributed by atoms with Gasteiger partial charge >= 0.3 is 6.18 Å². The van der Waals surface area contributed by atoms with Crippen LogP contribution in [0.5, 0.6) is 0 Å².